The molecule has 1 aromatic heterocycles. The van der Waals surface area contributed by atoms with Gasteiger partial charge in [-0.3, -0.25) is 5.32 Å². The molecule has 1 aromatic rings. The first-order chi connectivity index (χ1) is 8.23. The number of carbonyl (C=O) groups excluding carboxylic acids is 1. The lowest BCUT2D eigenvalue weighted by atomic mass is 10.2. The lowest BCUT2D eigenvalue weighted by molar-refractivity contribution is 0.0634. The van der Waals surface area contributed by atoms with E-state index in [2.05, 4.69) is 16.2 Å². The first-order valence-corrected chi connectivity index (χ1v) is 5.75. The van der Waals surface area contributed by atoms with Crippen LogP contribution in [0.25, 0.3) is 0 Å². The number of nitrogens with one attached hydrogen (secondary N) is 1. The highest BCUT2D eigenvalue weighted by molar-refractivity contribution is 7.17. The number of hydrogen-bond acceptors (Lipinski definition) is 5. The Kier molecular flexibility index (Phi) is 3.93. The Bertz CT molecular complexity index is 522. The third kappa shape index (κ3) is 3.75. The average molecular weight is 268 g/mol. The number of terminal acetylenes is 1. The number of carbonyl (C=O) groups is 2. The molecule has 1 heterocycles. The molecule has 0 bridgehead atoms. The van der Waals surface area contributed by atoms with Crippen LogP contribution >= 0.6 is 11.3 Å². The summed E-state index contributed by atoms with van der Waals surface area (Å²) in [5.41, 5.74) is -0.662. The zero-order valence-electron chi connectivity index (χ0n) is 10.1. The molecule has 0 saturated carbocycles. The maximum atomic E-state index is 11.4. The summed E-state index contributed by atoms with van der Waals surface area (Å²) in [5, 5.41) is 11.3. The van der Waals surface area contributed by atoms with Crippen LogP contribution in [0.2, 0.25) is 0 Å². The van der Waals surface area contributed by atoms with E-state index < -0.39 is 17.7 Å². The van der Waals surface area contributed by atoms with E-state index >= 15 is 0 Å². The van der Waals surface area contributed by atoms with Crippen molar-refractivity contribution in [3.05, 3.63) is 10.6 Å². The smallest absolute Gasteiger partial charge is 0.413 e. The van der Waals surface area contributed by atoms with Gasteiger partial charge in [0, 0.05) is 0 Å². The minimum atomic E-state index is -1.18. The standard InChI is InChI=1S/C11H12N2O4S/c1-5-6-7(8(14)15)18-9(12-6)13-10(16)17-11(2,3)4/h1H,2-4H3,(H,14,15)(H,12,13,16). The molecule has 0 unspecified atom stereocenters. The number of ether oxygens (including phenoxy) is 1. The van der Waals surface area contributed by atoms with Gasteiger partial charge in [0.2, 0.25) is 0 Å². The van der Waals surface area contributed by atoms with Gasteiger partial charge in [0.05, 0.1) is 0 Å². The summed E-state index contributed by atoms with van der Waals surface area (Å²) in [5.74, 6) is 0.962. The predicted molar refractivity (Wildman–Crippen MR) is 66.9 cm³/mol. The monoisotopic (exact) mass is 268 g/mol. The number of carboxylic acids is 1. The Balaban J connectivity index is 2.84. The van der Waals surface area contributed by atoms with Crippen LogP contribution in [0.5, 0.6) is 0 Å². The molecule has 0 aliphatic heterocycles. The number of carboxylic acid groups (broad SMARTS) is 1. The van der Waals surface area contributed by atoms with Gasteiger partial charge in [-0.25, -0.2) is 14.6 Å². The minimum Gasteiger partial charge on any atom is -0.477 e. The van der Waals surface area contributed by atoms with Crippen LogP contribution in [0.1, 0.15) is 36.1 Å². The van der Waals surface area contributed by atoms with Crippen LogP contribution < -0.4 is 5.32 Å². The van der Waals surface area contributed by atoms with Crippen LogP contribution in [0.4, 0.5) is 9.93 Å². The molecule has 0 aliphatic rings. The van der Waals surface area contributed by atoms with Crippen LogP contribution in [0, 0.1) is 12.3 Å². The summed E-state index contributed by atoms with van der Waals surface area (Å²) in [4.78, 5) is 26.0. The number of thiazole rings is 1. The van der Waals surface area contributed by atoms with Gasteiger partial charge in [-0.05, 0) is 26.7 Å². The van der Waals surface area contributed by atoms with Crippen molar-refractivity contribution in [2.75, 3.05) is 5.32 Å². The van der Waals surface area contributed by atoms with Crippen molar-refractivity contribution < 1.29 is 19.4 Å². The largest absolute Gasteiger partial charge is 0.477 e. The quantitative estimate of drug-likeness (QED) is 0.802. The second-order valence-corrected chi connectivity index (χ2v) is 5.27. The molecule has 0 aliphatic carbocycles. The number of amides is 1. The Morgan fingerprint density at radius 2 is 2.11 bits per heavy atom. The minimum absolute atomic E-state index is 0.0152. The normalized spacial score (nSPS) is 10.6. The first-order valence-electron chi connectivity index (χ1n) is 4.93. The molecule has 0 fully saturated rings. The van der Waals surface area contributed by atoms with Crippen LogP contribution in [-0.2, 0) is 4.74 Å². The van der Waals surface area contributed by atoms with Crippen molar-refractivity contribution in [1.82, 2.24) is 4.98 Å². The predicted octanol–water partition coefficient (Wildman–Crippen LogP) is 2.17. The SMILES string of the molecule is C#Cc1nc(NC(=O)OC(C)(C)C)sc1C(=O)O. The molecule has 18 heavy (non-hydrogen) atoms. The van der Waals surface area contributed by atoms with Crippen molar-refractivity contribution in [2.24, 2.45) is 0 Å². The number of anilines is 1. The van der Waals surface area contributed by atoms with Gasteiger partial charge >= 0.3 is 12.1 Å². The zero-order valence-corrected chi connectivity index (χ0v) is 10.9. The van der Waals surface area contributed by atoms with Gasteiger partial charge in [0.25, 0.3) is 0 Å². The molecule has 6 nitrogen and oxygen atoms in total. The molecule has 96 valence electrons. The molecular weight excluding hydrogens is 256 g/mol. The topological polar surface area (TPSA) is 88.5 Å². The molecule has 1 rings (SSSR count). The van der Waals surface area contributed by atoms with E-state index in [0.717, 1.165) is 11.3 Å². The molecule has 2 N–H and O–H groups in total. The molecule has 0 saturated heterocycles. The number of hydrogen-bond donors (Lipinski definition) is 2. The van der Waals surface area contributed by atoms with Gasteiger partial charge in [-0.2, -0.15) is 0 Å². The maximum absolute atomic E-state index is 11.4. The van der Waals surface area contributed by atoms with Crippen molar-refractivity contribution >= 4 is 28.5 Å². The van der Waals surface area contributed by atoms with Crippen LogP contribution in [0.15, 0.2) is 0 Å². The fraction of sp³-hybridized carbons (Fsp3) is 0.364. The Morgan fingerprint density at radius 3 is 2.50 bits per heavy atom. The Morgan fingerprint density at radius 1 is 1.50 bits per heavy atom. The lowest BCUT2D eigenvalue weighted by Crippen LogP contribution is -2.27. The summed E-state index contributed by atoms with van der Waals surface area (Å²) < 4.78 is 5.00. The van der Waals surface area contributed by atoms with E-state index in [0.29, 0.717) is 0 Å². The van der Waals surface area contributed by atoms with Crippen molar-refractivity contribution in [1.29, 1.82) is 0 Å². The van der Waals surface area contributed by atoms with Crippen LogP contribution in [0.3, 0.4) is 0 Å². The zero-order chi connectivity index (χ0) is 13.9. The highest BCUT2D eigenvalue weighted by Crippen LogP contribution is 2.23. The lowest BCUT2D eigenvalue weighted by Gasteiger charge is -2.18. The fourth-order valence-electron chi connectivity index (χ4n) is 1.01. The Hall–Kier alpha value is -2.07. The molecule has 1 amide bonds. The van der Waals surface area contributed by atoms with E-state index in [1.807, 2.05) is 0 Å². The number of nitrogens with zero attached hydrogens (tertiary/aromatic N) is 1. The summed E-state index contributed by atoms with van der Waals surface area (Å²) in [6, 6.07) is 0. The highest BCUT2D eigenvalue weighted by atomic mass is 32.1. The van der Waals surface area contributed by atoms with Gasteiger partial charge < -0.3 is 9.84 Å². The molecule has 0 atom stereocenters. The van der Waals surface area contributed by atoms with Gasteiger partial charge in [0.1, 0.15) is 16.2 Å². The third-order valence-electron chi connectivity index (χ3n) is 1.57. The van der Waals surface area contributed by atoms with E-state index in [1.165, 1.54) is 0 Å². The molecule has 0 radical (unpaired) electrons. The second kappa shape index (κ2) is 5.06. The Labute approximate surface area is 108 Å². The van der Waals surface area contributed by atoms with E-state index in [4.69, 9.17) is 16.3 Å². The van der Waals surface area contributed by atoms with Crippen molar-refractivity contribution in [3.8, 4) is 12.3 Å². The number of rotatable bonds is 2. The average Bonchev–Trinajstić information content (AvgIpc) is 2.57. The second-order valence-electron chi connectivity index (χ2n) is 4.27. The summed E-state index contributed by atoms with van der Waals surface area (Å²) in [6.45, 7) is 5.14. The summed E-state index contributed by atoms with van der Waals surface area (Å²) in [7, 11) is 0. The summed E-state index contributed by atoms with van der Waals surface area (Å²) >= 11 is 0.781. The van der Waals surface area contributed by atoms with E-state index in [1.54, 1.807) is 20.8 Å². The maximum Gasteiger partial charge on any atom is 0.413 e. The van der Waals surface area contributed by atoms with E-state index in [-0.39, 0.29) is 15.7 Å². The summed E-state index contributed by atoms with van der Waals surface area (Å²) in [6.07, 6.45) is 4.41. The third-order valence-corrected chi connectivity index (χ3v) is 2.52. The van der Waals surface area contributed by atoms with Crippen molar-refractivity contribution in [3.63, 3.8) is 0 Å². The van der Waals surface area contributed by atoms with Gasteiger partial charge in [0.15, 0.2) is 5.13 Å². The first kappa shape index (κ1) is 14.0. The van der Waals surface area contributed by atoms with E-state index in [9.17, 15) is 9.59 Å². The molecule has 7 heteroatoms. The number of aromatic nitrogens is 1. The molecule has 0 aromatic carbocycles. The molecule has 0 spiro atoms. The van der Waals surface area contributed by atoms with Gasteiger partial charge in [-0.15, -0.1) is 6.42 Å². The fourth-order valence-corrected chi connectivity index (χ4v) is 1.76. The highest BCUT2D eigenvalue weighted by Gasteiger charge is 2.20. The van der Waals surface area contributed by atoms with Crippen LogP contribution in [-0.4, -0.2) is 27.8 Å². The molecular formula is C11H12N2O4S. The number of aromatic carboxylic acids is 1. The van der Waals surface area contributed by atoms with Crippen molar-refractivity contribution in [2.45, 2.75) is 26.4 Å². The van der Waals surface area contributed by atoms with Gasteiger partial charge in [-0.1, -0.05) is 11.3 Å².